The summed E-state index contributed by atoms with van der Waals surface area (Å²) in [5.41, 5.74) is 4.37. The molecule has 2 N–H and O–H groups in total. The summed E-state index contributed by atoms with van der Waals surface area (Å²) < 4.78 is 0. The molecule has 3 aromatic rings. The first-order chi connectivity index (χ1) is 13.6. The number of carbonyl (C=O) groups excluding carboxylic acids is 1. The number of aromatic amines is 1. The lowest BCUT2D eigenvalue weighted by molar-refractivity contribution is -0.125. The summed E-state index contributed by atoms with van der Waals surface area (Å²) in [5.74, 6) is 0.939. The molecule has 0 bridgehead atoms. The Bertz CT molecular complexity index is 984. The number of hydrogen-bond donors (Lipinski definition) is 2. The number of piperidine rings is 1. The zero-order valence-corrected chi connectivity index (χ0v) is 16.8. The second-order valence-electron chi connectivity index (χ2n) is 7.47. The van der Waals surface area contributed by atoms with Gasteiger partial charge in [0.05, 0.1) is 17.0 Å². The van der Waals surface area contributed by atoms with Crippen LogP contribution in [0, 0.1) is 12.8 Å². The van der Waals surface area contributed by atoms with Gasteiger partial charge in [0.25, 0.3) is 0 Å². The minimum Gasteiger partial charge on any atom is -0.355 e. The molecule has 1 aliphatic rings. The number of imidazole rings is 1. The van der Waals surface area contributed by atoms with Crippen molar-refractivity contribution in [1.29, 1.82) is 0 Å². The number of benzene rings is 2. The maximum atomic E-state index is 12.7. The van der Waals surface area contributed by atoms with E-state index in [4.69, 9.17) is 11.6 Å². The van der Waals surface area contributed by atoms with Crippen LogP contribution in [0.25, 0.3) is 11.0 Å². The van der Waals surface area contributed by atoms with Crippen molar-refractivity contribution in [3.8, 4) is 0 Å². The molecule has 5 nitrogen and oxygen atoms in total. The highest BCUT2D eigenvalue weighted by Gasteiger charge is 2.27. The minimum atomic E-state index is -0.0116. The summed E-state index contributed by atoms with van der Waals surface area (Å²) in [7, 11) is 0. The summed E-state index contributed by atoms with van der Waals surface area (Å²) in [4.78, 5) is 22.8. The van der Waals surface area contributed by atoms with Crippen LogP contribution >= 0.6 is 11.6 Å². The number of nitrogens with one attached hydrogen (secondary N) is 2. The monoisotopic (exact) mass is 396 g/mol. The maximum absolute atomic E-state index is 12.7. The summed E-state index contributed by atoms with van der Waals surface area (Å²) >= 11 is 6.07. The number of aryl methyl sites for hydroxylation is 1. The quantitative estimate of drug-likeness (QED) is 0.682. The smallest absolute Gasteiger partial charge is 0.224 e. The van der Waals surface area contributed by atoms with Crippen molar-refractivity contribution in [2.24, 2.45) is 5.92 Å². The van der Waals surface area contributed by atoms with Crippen molar-refractivity contribution < 1.29 is 4.79 Å². The fourth-order valence-electron chi connectivity index (χ4n) is 3.86. The van der Waals surface area contributed by atoms with E-state index in [-0.39, 0.29) is 11.8 Å². The Morgan fingerprint density at radius 2 is 2.18 bits per heavy atom. The van der Waals surface area contributed by atoms with E-state index in [9.17, 15) is 4.79 Å². The third-order valence-corrected chi connectivity index (χ3v) is 5.71. The van der Waals surface area contributed by atoms with Crippen LogP contribution < -0.4 is 10.2 Å². The van der Waals surface area contributed by atoms with Gasteiger partial charge < -0.3 is 15.2 Å². The lowest BCUT2D eigenvalue weighted by Gasteiger charge is -2.31. The molecule has 6 heteroatoms. The van der Waals surface area contributed by atoms with Crippen LogP contribution in [0.3, 0.4) is 0 Å². The molecular formula is C22H25ClN4O. The molecular weight excluding hydrogens is 372 g/mol. The molecule has 146 valence electrons. The highest BCUT2D eigenvalue weighted by molar-refractivity contribution is 6.31. The van der Waals surface area contributed by atoms with E-state index >= 15 is 0 Å². The number of hydrogen-bond acceptors (Lipinski definition) is 3. The largest absolute Gasteiger partial charge is 0.355 e. The van der Waals surface area contributed by atoms with Crippen molar-refractivity contribution in [2.75, 3.05) is 24.5 Å². The van der Waals surface area contributed by atoms with Crippen LogP contribution in [0.15, 0.2) is 42.5 Å². The fourth-order valence-corrected chi connectivity index (χ4v) is 4.03. The highest BCUT2D eigenvalue weighted by Crippen LogP contribution is 2.25. The van der Waals surface area contributed by atoms with Gasteiger partial charge in [-0.05, 0) is 55.5 Å². The van der Waals surface area contributed by atoms with Crippen molar-refractivity contribution in [2.45, 2.75) is 26.2 Å². The summed E-state index contributed by atoms with van der Waals surface area (Å²) in [6.07, 6.45) is 2.76. The first kappa shape index (κ1) is 18.8. The molecule has 0 saturated carbocycles. The van der Waals surface area contributed by atoms with Gasteiger partial charge in [-0.2, -0.15) is 0 Å². The first-order valence-electron chi connectivity index (χ1n) is 9.82. The Morgan fingerprint density at radius 1 is 1.32 bits per heavy atom. The predicted molar refractivity (Wildman–Crippen MR) is 114 cm³/mol. The number of rotatable bonds is 5. The Kier molecular flexibility index (Phi) is 5.53. The predicted octanol–water partition coefficient (Wildman–Crippen LogP) is 4.10. The zero-order chi connectivity index (χ0) is 19.5. The molecule has 1 fully saturated rings. The number of halogens is 1. The number of anilines is 1. The number of fused-ring (bicyclic) bond motifs is 1. The van der Waals surface area contributed by atoms with Crippen LogP contribution in [0.4, 0.5) is 5.95 Å². The fraction of sp³-hybridized carbons (Fsp3) is 0.364. The molecule has 2 heterocycles. The average molecular weight is 397 g/mol. The van der Waals surface area contributed by atoms with Crippen molar-refractivity contribution in [1.82, 2.24) is 15.3 Å². The van der Waals surface area contributed by atoms with Gasteiger partial charge >= 0.3 is 0 Å². The van der Waals surface area contributed by atoms with Crippen molar-refractivity contribution >= 4 is 34.5 Å². The lowest BCUT2D eigenvalue weighted by atomic mass is 9.97. The molecule has 1 atom stereocenters. The van der Waals surface area contributed by atoms with Gasteiger partial charge in [0, 0.05) is 24.7 Å². The number of nitrogens with zero attached hydrogens (tertiary/aromatic N) is 2. The van der Waals surface area contributed by atoms with Gasteiger partial charge in [0.2, 0.25) is 11.9 Å². The molecule has 28 heavy (non-hydrogen) atoms. The summed E-state index contributed by atoms with van der Waals surface area (Å²) in [6, 6.07) is 14.0. The molecule has 1 aliphatic heterocycles. The first-order valence-corrected chi connectivity index (χ1v) is 10.2. The Balaban J connectivity index is 1.36. The Morgan fingerprint density at radius 3 is 3.04 bits per heavy atom. The Labute approximate surface area is 170 Å². The molecule has 0 aliphatic carbocycles. The number of H-pyrrole nitrogens is 1. The van der Waals surface area contributed by atoms with E-state index in [1.165, 1.54) is 11.1 Å². The third kappa shape index (κ3) is 4.14. The maximum Gasteiger partial charge on any atom is 0.224 e. The van der Waals surface area contributed by atoms with Crippen LogP contribution in [0.1, 0.15) is 24.0 Å². The van der Waals surface area contributed by atoms with Gasteiger partial charge in [-0.25, -0.2) is 4.98 Å². The van der Waals surface area contributed by atoms with Crippen LogP contribution in [0.5, 0.6) is 0 Å². The topological polar surface area (TPSA) is 61.0 Å². The molecule has 1 unspecified atom stereocenters. The molecule has 1 aromatic heterocycles. The SMILES string of the molecule is Cc1ccccc1CCNC(=O)C1CCCN(c2nc3ccc(Cl)cc3[nH]2)C1. The Hall–Kier alpha value is -2.53. The molecule has 0 spiro atoms. The zero-order valence-electron chi connectivity index (χ0n) is 16.0. The van der Waals surface area contributed by atoms with E-state index in [1.807, 2.05) is 30.3 Å². The summed E-state index contributed by atoms with van der Waals surface area (Å²) in [5, 5.41) is 3.81. The van der Waals surface area contributed by atoms with Crippen molar-refractivity contribution in [3.63, 3.8) is 0 Å². The normalized spacial score (nSPS) is 17.1. The van der Waals surface area contributed by atoms with E-state index in [1.54, 1.807) is 0 Å². The third-order valence-electron chi connectivity index (χ3n) is 5.48. The van der Waals surface area contributed by atoms with Gasteiger partial charge in [0.1, 0.15) is 0 Å². The van der Waals surface area contributed by atoms with E-state index in [0.29, 0.717) is 18.1 Å². The second kappa shape index (κ2) is 8.23. The van der Waals surface area contributed by atoms with Crippen LogP contribution in [-0.2, 0) is 11.2 Å². The van der Waals surface area contributed by atoms with E-state index in [2.05, 4.69) is 39.2 Å². The lowest BCUT2D eigenvalue weighted by Crippen LogP contribution is -2.43. The van der Waals surface area contributed by atoms with Gasteiger partial charge in [0.15, 0.2) is 0 Å². The van der Waals surface area contributed by atoms with Crippen molar-refractivity contribution in [3.05, 3.63) is 58.6 Å². The molecule has 1 amide bonds. The van der Waals surface area contributed by atoms with Gasteiger partial charge in [-0.15, -0.1) is 0 Å². The second-order valence-corrected chi connectivity index (χ2v) is 7.91. The molecule has 2 aromatic carbocycles. The molecule has 1 saturated heterocycles. The number of carbonyl (C=O) groups is 1. The molecule has 4 rings (SSSR count). The van der Waals surface area contributed by atoms with Gasteiger partial charge in [-0.1, -0.05) is 35.9 Å². The highest BCUT2D eigenvalue weighted by atomic mass is 35.5. The molecule has 0 radical (unpaired) electrons. The van der Waals surface area contributed by atoms with E-state index < -0.39 is 0 Å². The number of amides is 1. The number of aromatic nitrogens is 2. The minimum absolute atomic E-state index is 0.0116. The van der Waals surface area contributed by atoms with E-state index in [0.717, 1.165) is 42.8 Å². The van der Waals surface area contributed by atoms with Gasteiger partial charge in [-0.3, -0.25) is 4.79 Å². The average Bonchev–Trinajstić information content (AvgIpc) is 3.13. The van der Waals surface area contributed by atoms with Crippen LogP contribution in [-0.4, -0.2) is 35.5 Å². The standard InChI is InChI=1S/C22H25ClN4O/c1-15-5-2-3-6-16(15)10-11-24-21(28)17-7-4-12-27(14-17)22-25-19-9-8-18(23)13-20(19)26-22/h2-3,5-6,8-9,13,17H,4,7,10-12,14H2,1H3,(H,24,28)(H,25,26). The van der Waals surface area contributed by atoms with Crippen LogP contribution in [0.2, 0.25) is 5.02 Å². The summed E-state index contributed by atoms with van der Waals surface area (Å²) in [6.45, 7) is 4.37.